The largest absolute Gasteiger partial charge is 0.487 e. The smallest absolute Gasteiger partial charge is 0.246 e. The number of hydrogen-bond acceptors (Lipinski definition) is 10. The number of nitrogens with one attached hydrogen (secondary N) is 1. The molecule has 1 N–H and O–H groups in total. The summed E-state index contributed by atoms with van der Waals surface area (Å²) >= 11 is 0. The molecule has 1 amide bonds. The van der Waals surface area contributed by atoms with Gasteiger partial charge in [0.25, 0.3) is 0 Å². The van der Waals surface area contributed by atoms with Crippen LogP contribution in [0.5, 0.6) is 17.2 Å². The maximum atomic E-state index is 12.9. The fraction of sp³-hybridized carbons (Fsp3) is 0.258. The molecule has 43 heavy (non-hydrogen) atoms. The summed E-state index contributed by atoms with van der Waals surface area (Å²) in [5.74, 6) is 3.41. The lowest BCUT2D eigenvalue weighted by Gasteiger charge is -2.39. The predicted molar refractivity (Wildman–Crippen MR) is 163 cm³/mol. The molecule has 0 spiro atoms. The molecule has 1 fully saturated rings. The van der Waals surface area contributed by atoms with Crippen LogP contribution in [-0.2, 0) is 4.79 Å². The highest BCUT2D eigenvalue weighted by molar-refractivity contribution is 5.90. The highest BCUT2D eigenvalue weighted by Gasteiger charge is 2.35. The van der Waals surface area contributed by atoms with Gasteiger partial charge in [0.2, 0.25) is 5.91 Å². The van der Waals surface area contributed by atoms with Crippen molar-refractivity contribution in [2.45, 2.75) is 6.04 Å². The van der Waals surface area contributed by atoms with E-state index in [4.69, 9.17) is 14.5 Å². The van der Waals surface area contributed by atoms with E-state index in [0.29, 0.717) is 66.9 Å². The molecule has 2 aliphatic rings. The summed E-state index contributed by atoms with van der Waals surface area (Å²) in [6.45, 7) is 3.01. The van der Waals surface area contributed by atoms with Crippen molar-refractivity contribution in [1.29, 1.82) is 0 Å². The molecule has 12 heteroatoms. The van der Waals surface area contributed by atoms with Gasteiger partial charge in [-0.3, -0.25) is 4.79 Å². The van der Waals surface area contributed by atoms with Crippen LogP contribution in [0.25, 0.3) is 16.7 Å². The topological polar surface area (TPSA) is 113 Å². The van der Waals surface area contributed by atoms with Crippen LogP contribution in [0.1, 0.15) is 0 Å². The molecule has 0 radical (unpaired) electrons. The molecule has 7 rings (SSSR count). The second kappa shape index (κ2) is 11.2. The monoisotopic (exact) mass is 577 g/mol. The molecule has 2 aliphatic heterocycles. The Kier molecular flexibility index (Phi) is 6.95. The maximum Gasteiger partial charge on any atom is 0.246 e. The Morgan fingerprint density at radius 2 is 1.98 bits per heavy atom. The maximum absolute atomic E-state index is 12.9. The van der Waals surface area contributed by atoms with Crippen LogP contribution < -0.4 is 19.7 Å². The Bertz CT molecular complexity index is 1820. The number of nitrogens with zero attached hydrogens (tertiary/aromatic N) is 8. The summed E-state index contributed by atoms with van der Waals surface area (Å²) in [4.78, 5) is 37.3. The second-order valence-corrected chi connectivity index (χ2v) is 10.8. The molecule has 5 aromatic rings. The molecule has 1 saturated heterocycles. The number of amides is 1. The van der Waals surface area contributed by atoms with E-state index in [2.05, 4.69) is 25.2 Å². The average Bonchev–Trinajstić information content (AvgIpc) is 3.43. The number of piperazine rings is 1. The number of hydrogen-bond donors (Lipinski definition) is 1. The zero-order valence-electron chi connectivity index (χ0n) is 23.9. The summed E-state index contributed by atoms with van der Waals surface area (Å²) in [5.41, 5.74) is 2.96. The summed E-state index contributed by atoms with van der Waals surface area (Å²) in [6, 6.07) is 13.3. The Balaban J connectivity index is 1.08. The van der Waals surface area contributed by atoms with Gasteiger partial charge in [0.1, 0.15) is 35.6 Å². The SMILES string of the molecule is CN(C)C/C=C/C(=O)N1CCN2C[C@H]1COc1cc3ncnc(Nc4ccc(Oc5ccn6ccnc6c5)cc4)c3nc12. The van der Waals surface area contributed by atoms with Gasteiger partial charge in [-0.05, 0) is 44.4 Å². The molecule has 0 saturated carbocycles. The van der Waals surface area contributed by atoms with Gasteiger partial charge >= 0.3 is 0 Å². The molecule has 218 valence electrons. The first-order chi connectivity index (χ1) is 21.0. The van der Waals surface area contributed by atoms with Crippen molar-refractivity contribution in [3.05, 3.63) is 79.5 Å². The molecule has 4 aromatic heterocycles. The van der Waals surface area contributed by atoms with Crippen molar-refractivity contribution in [2.75, 3.05) is 57.1 Å². The summed E-state index contributed by atoms with van der Waals surface area (Å²) in [7, 11) is 3.95. The molecule has 1 atom stereocenters. The van der Waals surface area contributed by atoms with Crippen molar-refractivity contribution in [3.8, 4) is 17.2 Å². The molecule has 2 bridgehead atoms. The lowest BCUT2D eigenvalue weighted by molar-refractivity contribution is -0.129. The third-order valence-corrected chi connectivity index (χ3v) is 7.51. The highest BCUT2D eigenvalue weighted by Crippen LogP contribution is 2.36. The van der Waals surface area contributed by atoms with Crippen LogP contribution in [0.4, 0.5) is 17.3 Å². The van der Waals surface area contributed by atoms with Crippen molar-refractivity contribution in [2.24, 2.45) is 0 Å². The summed E-state index contributed by atoms with van der Waals surface area (Å²) in [5, 5.41) is 3.38. The Hall–Kier alpha value is -5.23. The third kappa shape index (κ3) is 5.52. The van der Waals surface area contributed by atoms with Crippen molar-refractivity contribution < 1.29 is 14.3 Å². The Morgan fingerprint density at radius 1 is 1.09 bits per heavy atom. The van der Waals surface area contributed by atoms with E-state index in [1.165, 1.54) is 6.33 Å². The normalized spacial score (nSPS) is 16.4. The lowest BCUT2D eigenvalue weighted by atomic mass is 10.1. The summed E-state index contributed by atoms with van der Waals surface area (Å²) < 4.78 is 14.2. The van der Waals surface area contributed by atoms with E-state index in [-0.39, 0.29) is 11.9 Å². The molecule has 6 heterocycles. The van der Waals surface area contributed by atoms with Crippen molar-refractivity contribution in [3.63, 3.8) is 0 Å². The van der Waals surface area contributed by atoms with E-state index in [9.17, 15) is 4.79 Å². The van der Waals surface area contributed by atoms with Gasteiger partial charge in [-0.25, -0.2) is 19.9 Å². The zero-order chi connectivity index (χ0) is 29.3. The number of carbonyl (C=O) groups is 1. The Labute approximate surface area is 248 Å². The third-order valence-electron chi connectivity index (χ3n) is 7.51. The number of anilines is 3. The minimum atomic E-state index is -0.0754. The van der Waals surface area contributed by atoms with Crippen LogP contribution in [-0.4, -0.2) is 93.0 Å². The number of ether oxygens (including phenoxy) is 2. The molecule has 12 nitrogen and oxygen atoms in total. The number of aromatic nitrogens is 5. The first-order valence-corrected chi connectivity index (χ1v) is 14.1. The van der Waals surface area contributed by atoms with Gasteiger partial charge in [0.05, 0.1) is 11.6 Å². The first kappa shape index (κ1) is 26.7. The van der Waals surface area contributed by atoms with Crippen LogP contribution in [0.2, 0.25) is 0 Å². The fourth-order valence-electron chi connectivity index (χ4n) is 5.34. The van der Waals surface area contributed by atoms with E-state index in [1.807, 2.05) is 89.2 Å². The first-order valence-electron chi connectivity index (χ1n) is 14.1. The predicted octanol–water partition coefficient (Wildman–Crippen LogP) is 3.74. The van der Waals surface area contributed by atoms with E-state index in [0.717, 1.165) is 17.2 Å². The van der Waals surface area contributed by atoms with Gasteiger partial charge in [0, 0.05) is 68.7 Å². The van der Waals surface area contributed by atoms with Gasteiger partial charge in [-0.1, -0.05) is 6.08 Å². The summed E-state index contributed by atoms with van der Waals surface area (Å²) in [6.07, 6.45) is 10.6. The van der Waals surface area contributed by atoms with Crippen LogP contribution in [0, 0.1) is 0 Å². The zero-order valence-corrected chi connectivity index (χ0v) is 23.9. The van der Waals surface area contributed by atoms with Gasteiger partial charge < -0.3 is 33.9 Å². The highest BCUT2D eigenvalue weighted by atomic mass is 16.5. The number of imidazole rings is 1. The van der Waals surface area contributed by atoms with Crippen LogP contribution >= 0.6 is 0 Å². The lowest BCUT2D eigenvalue weighted by Crippen LogP contribution is -2.56. The number of carbonyl (C=O) groups excluding carboxylic acids is 1. The Morgan fingerprint density at radius 3 is 2.84 bits per heavy atom. The van der Waals surface area contributed by atoms with Crippen LogP contribution in [0.3, 0.4) is 0 Å². The molecule has 0 aliphatic carbocycles. The van der Waals surface area contributed by atoms with E-state index < -0.39 is 0 Å². The van der Waals surface area contributed by atoms with E-state index in [1.54, 1.807) is 12.3 Å². The number of benzene rings is 1. The number of pyridine rings is 2. The van der Waals surface area contributed by atoms with Crippen molar-refractivity contribution in [1.82, 2.24) is 34.1 Å². The second-order valence-electron chi connectivity index (χ2n) is 10.8. The van der Waals surface area contributed by atoms with Crippen molar-refractivity contribution >= 4 is 39.9 Å². The van der Waals surface area contributed by atoms with Gasteiger partial charge in [-0.2, -0.15) is 0 Å². The van der Waals surface area contributed by atoms with Gasteiger partial charge in [0.15, 0.2) is 17.4 Å². The minimum Gasteiger partial charge on any atom is -0.487 e. The van der Waals surface area contributed by atoms with E-state index >= 15 is 0 Å². The average molecular weight is 578 g/mol. The number of likely N-dealkylation sites (N-methyl/N-ethyl adjacent to an activating group) is 1. The quantitative estimate of drug-likeness (QED) is 0.287. The molecule has 0 unspecified atom stereocenters. The molecular formula is C31H31N9O3. The molecule has 1 aromatic carbocycles. The number of fused-ring (bicyclic) bond motifs is 6. The standard InChI is InChI=1S/C31H31N9O3/c1-37(2)11-3-4-28(41)40-15-14-39-18-22(40)19-42-26-17-25-29(36-31(26)39)30(34-20-33-25)35-21-5-7-23(8-6-21)43-24-9-12-38-13-10-32-27(38)16-24/h3-10,12-13,16-17,20,22H,11,14-15,18-19H2,1-2H3,(H,33,34,35)/b4-3+/t22-/m0/s1. The van der Waals surface area contributed by atoms with Crippen LogP contribution in [0.15, 0.2) is 79.5 Å². The minimum absolute atomic E-state index is 0.00652. The fourth-order valence-corrected chi connectivity index (χ4v) is 5.34. The molecular weight excluding hydrogens is 546 g/mol. The van der Waals surface area contributed by atoms with Gasteiger partial charge in [-0.15, -0.1) is 0 Å². The number of rotatable bonds is 7.